The minimum Gasteiger partial charge on any atom is -0.478 e. The Balaban J connectivity index is 2.11. The van der Waals surface area contributed by atoms with Crippen LogP contribution in [-0.2, 0) is 0 Å². The molecule has 0 atom stereocenters. The maximum absolute atomic E-state index is 10.9. The highest BCUT2D eigenvalue weighted by Gasteiger charge is 2.07. The third-order valence-electron chi connectivity index (χ3n) is 2.84. The summed E-state index contributed by atoms with van der Waals surface area (Å²) in [4.78, 5) is 15.4. The molecule has 0 fully saturated rings. The fraction of sp³-hybridized carbons (Fsp3) is 0. The van der Waals surface area contributed by atoms with E-state index in [2.05, 4.69) is 27.6 Å². The van der Waals surface area contributed by atoms with Crippen LogP contribution in [0.5, 0.6) is 0 Å². The lowest BCUT2D eigenvalue weighted by molar-refractivity contribution is 0.0696. The van der Waals surface area contributed by atoms with Crippen LogP contribution in [0.2, 0.25) is 0 Å². The van der Waals surface area contributed by atoms with E-state index in [1.54, 1.807) is 22.7 Å². The first-order chi connectivity index (χ1) is 9.13. The number of carboxylic acids is 1. The molecule has 0 unspecified atom stereocenters. The Morgan fingerprint density at radius 3 is 2.53 bits per heavy atom. The molecule has 0 amide bonds. The number of carboxylic acid groups (broad SMARTS) is 1. The number of halogens is 1. The van der Waals surface area contributed by atoms with Crippen LogP contribution < -0.4 is 0 Å². The lowest BCUT2D eigenvalue weighted by Crippen LogP contribution is -1.97. The number of aromatic carboxylic acids is 1. The van der Waals surface area contributed by atoms with Gasteiger partial charge in [0, 0.05) is 21.5 Å². The zero-order chi connectivity index (χ0) is 13.4. The lowest BCUT2D eigenvalue weighted by atomic mass is 10.2. The number of pyridine rings is 1. The van der Waals surface area contributed by atoms with Crippen molar-refractivity contribution in [3.8, 4) is 11.3 Å². The zero-order valence-corrected chi connectivity index (χ0v) is 11.9. The van der Waals surface area contributed by atoms with Gasteiger partial charge in [0.25, 0.3) is 0 Å². The second-order valence-corrected chi connectivity index (χ2v) is 5.37. The van der Waals surface area contributed by atoms with E-state index in [-0.39, 0.29) is 5.56 Å². The number of hydrogen-bond acceptors (Lipinski definition) is 2. The van der Waals surface area contributed by atoms with Gasteiger partial charge in [-0.15, -0.1) is 0 Å². The van der Waals surface area contributed by atoms with Gasteiger partial charge in [-0.1, -0.05) is 12.1 Å². The first-order valence-corrected chi connectivity index (χ1v) is 6.69. The quantitative estimate of drug-likeness (QED) is 0.710. The van der Waals surface area contributed by atoms with Gasteiger partial charge in [-0.2, -0.15) is 0 Å². The molecule has 0 radical (unpaired) electrons. The van der Waals surface area contributed by atoms with Crippen molar-refractivity contribution in [2.45, 2.75) is 0 Å². The van der Waals surface area contributed by atoms with Gasteiger partial charge in [0.15, 0.2) is 0 Å². The maximum Gasteiger partial charge on any atom is 0.337 e. The average molecular weight is 364 g/mol. The van der Waals surface area contributed by atoms with E-state index in [1.165, 1.54) is 3.57 Å². The molecule has 0 aliphatic rings. The summed E-state index contributed by atoms with van der Waals surface area (Å²) in [6, 6.07) is 11.3. The molecule has 0 aliphatic carbocycles. The van der Waals surface area contributed by atoms with Crippen molar-refractivity contribution >= 4 is 34.2 Å². The van der Waals surface area contributed by atoms with E-state index in [1.807, 2.05) is 30.5 Å². The third kappa shape index (κ3) is 2.33. The average Bonchev–Trinajstić information content (AvgIpc) is 2.82. The number of aromatic nitrogens is 2. The van der Waals surface area contributed by atoms with Gasteiger partial charge in [-0.05, 0) is 46.9 Å². The van der Waals surface area contributed by atoms with Gasteiger partial charge < -0.3 is 9.51 Å². The van der Waals surface area contributed by atoms with E-state index in [0.717, 1.165) is 16.9 Å². The molecule has 0 bridgehead atoms. The minimum absolute atomic E-state index is 0.249. The van der Waals surface area contributed by atoms with Crippen molar-refractivity contribution in [2.24, 2.45) is 0 Å². The van der Waals surface area contributed by atoms with Gasteiger partial charge in [-0.25, -0.2) is 9.78 Å². The van der Waals surface area contributed by atoms with Crippen molar-refractivity contribution in [3.05, 3.63) is 57.9 Å². The van der Waals surface area contributed by atoms with E-state index in [9.17, 15) is 4.79 Å². The first kappa shape index (κ1) is 12.2. The summed E-state index contributed by atoms with van der Waals surface area (Å²) < 4.78 is 2.90. The van der Waals surface area contributed by atoms with Crippen LogP contribution in [0.4, 0.5) is 0 Å². The van der Waals surface area contributed by atoms with Crippen LogP contribution in [0.15, 0.2) is 48.8 Å². The number of hydrogen-bond donors (Lipinski definition) is 1. The fourth-order valence-electron chi connectivity index (χ4n) is 1.88. The van der Waals surface area contributed by atoms with Gasteiger partial charge >= 0.3 is 5.97 Å². The van der Waals surface area contributed by atoms with Crippen LogP contribution in [0, 0.1) is 3.57 Å². The van der Waals surface area contributed by atoms with Gasteiger partial charge in [0.2, 0.25) is 0 Å². The lowest BCUT2D eigenvalue weighted by Gasteiger charge is -1.95. The molecule has 2 heterocycles. The van der Waals surface area contributed by atoms with Crippen molar-refractivity contribution in [1.82, 2.24) is 9.38 Å². The second kappa shape index (κ2) is 4.65. The highest BCUT2D eigenvalue weighted by atomic mass is 127. The van der Waals surface area contributed by atoms with Crippen molar-refractivity contribution < 1.29 is 9.90 Å². The number of fused-ring (bicyclic) bond motifs is 1. The van der Waals surface area contributed by atoms with Crippen LogP contribution in [-0.4, -0.2) is 20.5 Å². The Morgan fingerprint density at radius 1 is 1.11 bits per heavy atom. The molecule has 3 aromatic rings. The molecule has 0 saturated heterocycles. The standard InChI is InChI=1S/C14H9IN2O2/c15-11-4-1-9(2-5-11)12-8-17-7-10(14(18)19)3-6-13(17)16-12/h1-8H,(H,18,19). The summed E-state index contributed by atoms with van der Waals surface area (Å²) in [6.07, 6.45) is 3.41. The van der Waals surface area contributed by atoms with E-state index >= 15 is 0 Å². The molecule has 3 rings (SSSR count). The largest absolute Gasteiger partial charge is 0.478 e. The molecule has 2 aromatic heterocycles. The molecule has 94 valence electrons. The van der Waals surface area contributed by atoms with E-state index in [4.69, 9.17) is 5.11 Å². The molecule has 5 heteroatoms. The first-order valence-electron chi connectivity index (χ1n) is 5.61. The van der Waals surface area contributed by atoms with Crippen molar-refractivity contribution in [1.29, 1.82) is 0 Å². The van der Waals surface area contributed by atoms with Gasteiger partial charge in [-0.3, -0.25) is 0 Å². The van der Waals surface area contributed by atoms with Crippen LogP contribution in [0.25, 0.3) is 16.9 Å². The predicted molar refractivity (Wildman–Crippen MR) is 80.3 cm³/mol. The molecule has 1 aromatic carbocycles. The minimum atomic E-state index is -0.939. The zero-order valence-electron chi connectivity index (χ0n) is 9.75. The highest BCUT2D eigenvalue weighted by molar-refractivity contribution is 14.1. The van der Waals surface area contributed by atoms with E-state index < -0.39 is 5.97 Å². The Hall–Kier alpha value is -1.89. The van der Waals surface area contributed by atoms with Gasteiger partial charge in [0.05, 0.1) is 11.3 Å². The number of nitrogens with zero attached hydrogens (tertiary/aromatic N) is 2. The summed E-state index contributed by atoms with van der Waals surface area (Å²) in [7, 11) is 0. The number of carbonyl (C=O) groups is 1. The predicted octanol–water partition coefficient (Wildman–Crippen LogP) is 3.30. The van der Waals surface area contributed by atoms with Crippen molar-refractivity contribution in [3.63, 3.8) is 0 Å². The summed E-state index contributed by atoms with van der Waals surface area (Å²) in [5, 5.41) is 8.96. The van der Waals surface area contributed by atoms with E-state index in [0.29, 0.717) is 0 Å². The number of imidazole rings is 1. The van der Waals surface area contributed by atoms with Crippen molar-refractivity contribution in [2.75, 3.05) is 0 Å². The topological polar surface area (TPSA) is 54.6 Å². The molecular weight excluding hydrogens is 355 g/mol. The Labute approximate surface area is 122 Å². The maximum atomic E-state index is 10.9. The molecule has 1 N–H and O–H groups in total. The Kier molecular flexibility index (Phi) is 2.98. The van der Waals surface area contributed by atoms with Crippen LogP contribution in [0.1, 0.15) is 10.4 Å². The highest BCUT2D eigenvalue weighted by Crippen LogP contribution is 2.20. The molecular formula is C14H9IN2O2. The van der Waals surface area contributed by atoms with Crippen LogP contribution in [0.3, 0.4) is 0 Å². The summed E-state index contributed by atoms with van der Waals surface area (Å²) >= 11 is 2.25. The molecule has 4 nitrogen and oxygen atoms in total. The SMILES string of the molecule is O=C(O)c1ccc2nc(-c3ccc(I)cc3)cn2c1. The Bertz CT molecular complexity index is 763. The smallest absolute Gasteiger partial charge is 0.337 e. The number of benzene rings is 1. The summed E-state index contributed by atoms with van der Waals surface area (Å²) in [6.45, 7) is 0. The van der Waals surface area contributed by atoms with Gasteiger partial charge in [0.1, 0.15) is 5.65 Å². The monoisotopic (exact) mass is 364 g/mol. The van der Waals surface area contributed by atoms with Crippen LogP contribution >= 0.6 is 22.6 Å². The normalized spacial score (nSPS) is 10.8. The number of rotatable bonds is 2. The molecule has 0 aliphatic heterocycles. The Morgan fingerprint density at radius 2 is 1.84 bits per heavy atom. The summed E-state index contributed by atoms with van der Waals surface area (Å²) in [5.74, 6) is -0.939. The fourth-order valence-corrected chi connectivity index (χ4v) is 2.24. The second-order valence-electron chi connectivity index (χ2n) is 4.12. The third-order valence-corrected chi connectivity index (χ3v) is 3.56. The summed E-state index contributed by atoms with van der Waals surface area (Å²) in [5.41, 5.74) is 2.83. The molecule has 0 saturated carbocycles. The molecule has 0 spiro atoms. The molecule has 19 heavy (non-hydrogen) atoms.